The summed E-state index contributed by atoms with van der Waals surface area (Å²) in [5, 5.41) is 15.2. The highest BCUT2D eigenvalue weighted by molar-refractivity contribution is 7.99. The van der Waals surface area contributed by atoms with Crippen molar-refractivity contribution in [1.29, 1.82) is 0 Å². The van der Waals surface area contributed by atoms with Crippen LogP contribution in [0, 0.1) is 5.92 Å². The topological polar surface area (TPSA) is 149 Å². The van der Waals surface area contributed by atoms with Crippen LogP contribution in [0.25, 0.3) is 11.1 Å². The Morgan fingerprint density at radius 1 is 0.886 bits per heavy atom. The Balaban J connectivity index is 1.04. The number of ether oxygens (including phenoxy) is 1. The molecule has 0 bridgehead atoms. The second-order valence-corrected chi connectivity index (χ2v) is 22.6. The predicted molar refractivity (Wildman–Crippen MR) is 271 cm³/mol. The van der Waals surface area contributed by atoms with Crippen molar-refractivity contribution < 1.29 is 44.6 Å². The average molecular weight is 1040 g/mol. The van der Waals surface area contributed by atoms with Gasteiger partial charge < -0.3 is 25.0 Å². The summed E-state index contributed by atoms with van der Waals surface area (Å²) in [6.45, 7) is 10.1. The predicted octanol–water partition coefficient (Wildman–Crippen LogP) is 9.37. The fourth-order valence-corrected chi connectivity index (χ4v) is 12.1. The fourth-order valence-electron chi connectivity index (χ4n) is 8.96. The molecule has 3 atom stereocenters. The van der Waals surface area contributed by atoms with Crippen molar-refractivity contribution in [2.45, 2.75) is 71.5 Å². The van der Waals surface area contributed by atoms with E-state index in [0.717, 1.165) is 59.0 Å². The number of alkyl halides is 3. The van der Waals surface area contributed by atoms with Gasteiger partial charge in [0, 0.05) is 71.7 Å². The number of amides is 1. The Kier molecular flexibility index (Phi) is 18.0. The molecule has 0 aromatic heterocycles. The van der Waals surface area contributed by atoms with E-state index in [0.29, 0.717) is 75.5 Å². The van der Waals surface area contributed by atoms with E-state index in [9.17, 15) is 39.9 Å². The second kappa shape index (κ2) is 23.7. The lowest BCUT2D eigenvalue weighted by atomic mass is 9.84. The zero-order valence-electron chi connectivity index (χ0n) is 39.0. The number of halogens is 4. The number of sulfone groups is 1. The van der Waals surface area contributed by atoms with Gasteiger partial charge in [-0.3, -0.25) is 9.69 Å². The Morgan fingerprint density at radius 3 is 2.23 bits per heavy atom. The van der Waals surface area contributed by atoms with Gasteiger partial charge in [-0.2, -0.15) is 13.2 Å². The van der Waals surface area contributed by atoms with Crippen LogP contribution in [-0.2, 0) is 24.6 Å². The van der Waals surface area contributed by atoms with E-state index < -0.39 is 58.9 Å². The molecule has 12 nitrogen and oxygen atoms in total. The third-order valence-corrected chi connectivity index (χ3v) is 17.3. The number of rotatable bonds is 20. The highest BCUT2D eigenvalue weighted by atomic mass is 35.5. The minimum absolute atomic E-state index is 0.0207. The summed E-state index contributed by atoms with van der Waals surface area (Å²) in [6, 6.07) is 32.8. The lowest BCUT2D eigenvalue weighted by Gasteiger charge is -2.39. The number of likely N-dealkylation sites (N-methyl/N-ethyl adjacent to an activating group) is 1. The van der Waals surface area contributed by atoms with Crippen LogP contribution in [0.3, 0.4) is 0 Å². The number of hydrogen-bond acceptors (Lipinski definition) is 12. The van der Waals surface area contributed by atoms with Gasteiger partial charge in [0.15, 0.2) is 0 Å². The molecule has 2 aliphatic rings. The van der Waals surface area contributed by atoms with Gasteiger partial charge in [0.05, 0.1) is 29.9 Å². The van der Waals surface area contributed by atoms with Crippen molar-refractivity contribution in [3.63, 3.8) is 0 Å². The third kappa shape index (κ3) is 13.2. The molecule has 7 rings (SSSR count). The maximum atomic E-state index is 14.4. The van der Waals surface area contributed by atoms with Crippen molar-refractivity contribution in [2.24, 2.45) is 5.92 Å². The molecule has 19 heteroatoms. The molecule has 2 heterocycles. The van der Waals surface area contributed by atoms with Gasteiger partial charge >= 0.3 is 5.51 Å². The molecule has 0 saturated carbocycles. The highest BCUT2D eigenvalue weighted by Crippen LogP contribution is 2.39. The van der Waals surface area contributed by atoms with Crippen LogP contribution in [-0.4, -0.2) is 120 Å². The smallest absolute Gasteiger partial charge is 0.388 e. The average Bonchev–Trinajstić information content (AvgIpc) is 3.36. The number of thioether (sulfide) groups is 1. The first-order valence-corrected chi connectivity index (χ1v) is 27.7. The zero-order valence-corrected chi connectivity index (χ0v) is 42.2. The first kappa shape index (κ1) is 53.1. The number of carbonyl (C=O) groups excluding carboxylic acids is 1. The van der Waals surface area contributed by atoms with Crippen LogP contribution in [0.4, 0.5) is 24.5 Å². The van der Waals surface area contributed by atoms with Crippen molar-refractivity contribution >= 4 is 60.5 Å². The molecule has 5 aromatic carbocycles. The number of benzene rings is 5. The minimum Gasteiger partial charge on any atom is -0.388 e. The largest absolute Gasteiger partial charge is 0.501 e. The number of anilines is 2. The summed E-state index contributed by atoms with van der Waals surface area (Å²) in [5.74, 6) is -0.735. The van der Waals surface area contributed by atoms with Gasteiger partial charge in [-0.05, 0) is 122 Å². The molecular formula is C51H59ClF3N5O7S3. The molecule has 70 heavy (non-hydrogen) atoms. The summed E-state index contributed by atoms with van der Waals surface area (Å²) in [6.07, 6.45) is 1.06. The van der Waals surface area contributed by atoms with Gasteiger partial charge in [-0.15, -0.1) is 11.8 Å². The molecule has 3 N–H and O–H groups in total. The summed E-state index contributed by atoms with van der Waals surface area (Å²) < 4.78 is 105. The number of aliphatic hydroxyl groups excluding tert-OH is 1. The SMILES string of the molecule is CCN(CC)C[C@@H]1COCCN1CC[C@H](CSc1ccccc1)Nc1ccc(S(=O)(=O)NC(=O)c2ccc(N3CCC([C@H](O)c4ccccc4-c4ccc(Cl)cc4)CC3)cc2)cc1S(=O)(=O)C(F)(F)F. The highest BCUT2D eigenvalue weighted by Gasteiger charge is 2.48. The van der Waals surface area contributed by atoms with E-state index in [1.807, 2.05) is 83.6 Å². The molecule has 2 aliphatic heterocycles. The third-order valence-electron chi connectivity index (χ3n) is 13.0. The number of piperidine rings is 1. The molecule has 2 saturated heterocycles. The van der Waals surface area contributed by atoms with Crippen molar-refractivity contribution in [3.8, 4) is 11.1 Å². The van der Waals surface area contributed by atoms with Crippen LogP contribution >= 0.6 is 23.4 Å². The Morgan fingerprint density at radius 2 is 1.56 bits per heavy atom. The molecule has 5 aromatic rings. The summed E-state index contributed by atoms with van der Waals surface area (Å²) in [4.78, 5) is 18.9. The van der Waals surface area contributed by atoms with E-state index >= 15 is 0 Å². The Hall–Kier alpha value is -4.66. The number of hydrogen-bond donors (Lipinski definition) is 3. The van der Waals surface area contributed by atoms with E-state index in [-0.39, 0.29) is 17.5 Å². The van der Waals surface area contributed by atoms with E-state index in [1.54, 1.807) is 12.1 Å². The number of nitrogens with zero attached hydrogens (tertiary/aromatic N) is 3. The quantitative estimate of drug-likeness (QED) is 0.0638. The van der Waals surface area contributed by atoms with Crippen LogP contribution in [0.15, 0.2) is 136 Å². The standard InChI is InChI=1S/C51H59ClF3N5O7S3/c1-3-58(4-2)33-42-34-67-31-30-60(42)29-26-40(35-68-43-10-6-5-7-11-43)56-47-23-22-44(32-48(47)69(63,64)51(53,54)55)70(65,66)57-50(62)38-16-20-41(21-17-38)59-27-24-37(25-28-59)49(61)46-13-9-8-12-45(46)36-14-18-39(52)19-15-36/h5-23,32,37,40,42,49,56,61H,3-4,24-31,33-35H2,1-2H3,(H,57,62)/t40-,42-,49+/m1/s1. The lowest BCUT2D eigenvalue weighted by Crippen LogP contribution is -2.52. The number of nitrogens with one attached hydrogen (secondary N) is 2. The van der Waals surface area contributed by atoms with Gasteiger partial charge in [-0.1, -0.05) is 80.0 Å². The van der Waals surface area contributed by atoms with Crippen LogP contribution in [0.2, 0.25) is 5.02 Å². The monoisotopic (exact) mass is 1040 g/mol. The van der Waals surface area contributed by atoms with Crippen molar-refractivity contribution in [3.05, 3.63) is 137 Å². The lowest BCUT2D eigenvalue weighted by molar-refractivity contribution is -0.0435. The molecule has 0 unspecified atom stereocenters. The second-order valence-electron chi connectivity index (χ2n) is 17.5. The molecule has 376 valence electrons. The first-order valence-electron chi connectivity index (χ1n) is 23.4. The van der Waals surface area contributed by atoms with Crippen LogP contribution < -0.4 is 14.9 Å². The van der Waals surface area contributed by atoms with Gasteiger partial charge in [0.25, 0.3) is 25.8 Å². The molecular weight excluding hydrogens is 983 g/mol. The Labute approximate surface area is 418 Å². The zero-order chi connectivity index (χ0) is 50.1. The van der Waals surface area contributed by atoms with Gasteiger partial charge in [-0.25, -0.2) is 21.6 Å². The maximum absolute atomic E-state index is 14.4. The minimum atomic E-state index is -6.10. The Bertz CT molecular complexity index is 2750. The molecule has 1 amide bonds. The van der Waals surface area contributed by atoms with E-state index in [2.05, 4.69) is 33.9 Å². The first-order chi connectivity index (χ1) is 33.5. The number of morpholine rings is 1. The number of carbonyl (C=O) groups is 1. The summed E-state index contributed by atoms with van der Waals surface area (Å²) >= 11 is 7.56. The maximum Gasteiger partial charge on any atom is 0.501 e. The molecule has 2 fully saturated rings. The van der Waals surface area contributed by atoms with Crippen molar-refractivity contribution in [1.82, 2.24) is 14.5 Å². The van der Waals surface area contributed by atoms with Crippen LogP contribution in [0.5, 0.6) is 0 Å². The van der Waals surface area contributed by atoms with E-state index in [1.165, 1.54) is 23.9 Å². The van der Waals surface area contributed by atoms with Crippen LogP contribution in [0.1, 0.15) is 55.1 Å². The summed E-state index contributed by atoms with van der Waals surface area (Å²) in [7, 11) is -11.0. The number of aliphatic hydroxyl groups is 1. The summed E-state index contributed by atoms with van der Waals surface area (Å²) in [5.41, 5.74) is -2.75. The molecule has 0 aliphatic carbocycles. The fraction of sp³-hybridized carbons (Fsp3) is 0.392. The van der Waals surface area contributed by atoms with Gasteiger partial charge in [0.2, 0.25) is 0 Å². The molecule has 0 radical (unpaired) electrons. The molecule has 0 spiro atoms. The number of sulfonamides is 1. The van der Waals surface area contributed by atoms with Gasteiger partial charge in [0.1, 0.15) is 4.90 Å². The van der Waals surface area contributed by atoms with Crippen molar-refractivity contribution in [2.75, 3.05) is 75.0 Å². The van der Waals surface area contributed by atoms with E-state index in [4.69, 9.17) is 16.3 Å². The normalized spacial score (nSPS) is 17.3.